The van der Waals surface area contributed by atoms with Gasteiger partial charge in [-0.1, -0.05) is 0 Å². The first-order valence-corrected chi connectivity index (χ1v) is 10.4. The highest BCUT2D eigenvalue weighted by Gasteiger charge is 2.39. The number of nitrogens with one attached hydrogen (secondary N) is 1. The average molecular weight is 440 g/mol. The molecule has 0 bridgehead atoms. The van der Waals surface area contributed by atoms with Crippen LogP contribution in [0.5, 0.6) is 5.75 Å². The molecule has 1 aromatic carbocycles. The zero-order chi connectivity index (χ0) is 21.6. The molecule has 0 saturated carbocycles. The number of carbonyl (C=O) groups is 1. The fourth-order valence-corrected chi connectivity index (χ4v) is 5.00. The number of fused-ring (bicyclic) bond motifs is 1. The van der Waals surface area contributed by atoms with E-state index in [1.54, 1.807) is 4.72 Å². The minimum absolute atomic E-state index is 0.0923. The molecule has 3 N–H and O–H groups in total. The molecular formula is C17H20F4N2O5S. The van der Waals surface area contributed by atoms with E-state index in [0.29, 0.717) is 22.7 Å². The molecule has 2 unspecified atom stereocenters. The Kier molecular flexibility index (Phi) is 5.69. The SMILES string of the molecule is O=C1CN(c2c(O)cc3c(c2F)CC(CCC(O)CC(F)(F)F)CC3)S(=O)(=O)N1. The van der Waals surface area contributed by atoms with Gasteiger partial charge in [0.05, 0.1) is 12.5 Å². The molecule has 29 heavy (non-hydrogen) atoms. The highest BCUT2D eigenvalue weighted by molar-refractivity contribution is 7.92. The zero-order valence-corrected chi connectivity index (χ0v) is 16.0. The lowest BCUT2D eigenvalue weighted by Crippen LogP contribution is -2.31. The molecule has 0 radical (unpaired) electrons. The number of aryl methyl sites for hydroxylation is 1. The van der Waals surface area contributed by atoms with Gasteiger partial charge >= 0.3 is 16.4 Å². The van der Waals surface area contributed by atoms with E-state index in [0.717, 1.165) is 0 Å². The lowest BCUT2D eigenvalue weighted by atomic mass is 9.80. The van der Waals surface area contributed by atoms with Gasteiger partial charge in [-0.2, -0.15) is 21.6 Å². The fourth-order valence-electron chi connectivity index (χ4n) is 3.84. The summed E-state index contributed by atoms with van der Waals surface area (Å²) < 4.78 is 78.3. The Hall–Kier alpha value is -2.08. The van der Waals surface area contributed by atoms with Crippen molar-refractivity contribution < 1.29 is 41.0 Å². The van der Waals surface area contributed by atoms with E-state index >= 15 is 4.39 Å². The molecule has 12 heteroatoms. The molecule has 1 fully saturated rings. The molecule has 1 aromatic rings. The summed E-state index contributed by atoms with van der Waals surface area (Å²) in [5.74, 6) is -2.65. The Morgan fingerprint density at radius 2 is 2.03 bits per heavy atom. The van der Waals surface area contributed by atoms with Gasteiger partial charge in [0.2, 0.25) is 0 Å². The van der Waals surface area contributed by atoms with E-state index in [2.05, 4.69) is 0 Å². The minimum Gasteiger partial charge on any atom is -0.506 e. The molecule has 3 rings (SSSR count). The molecule has 2 aliphatic rings. The van der Waals surface area contributed by atoms with Gasteiger partial charge in [0.25, 0.3) is 5.91 Å². The summed E-state index contributed by atoms with van der Waals surface area (Å²) in [5.41, 5.74) is 0.0143. The van der Waals surface area contributed by atoms with Crippen molar-refractivity contribution in [2.45, 2.75) is 50.8 Å². The number of halogens is 4. The number of hydrogen-bond acceptors (Lipinski definition) is 5. The highest BCUT2D eigenvalue weighted by atomic mass is 32.2. The van der Waals surface area contributed by atoms with Crippen LogP contribution in [0.4, 0.5) is 23.2 Å². The number of carbonyl (C=O) groups excluding carboxylic acids is 1. The van der Waals surface area contributed by atoms with Gasteiger partial charge in [0.1, 0.15) is 18.0 Å². The summed E-state index contributed by atoms with van der Waals surface area (Å²) in [6.07, 6.45) is -6.15. The topological polar surface area (TPSA) is 107 Å². The first-order valence-electron chi connectivity index (χ1n) is 8.98. The lowest BCUT2D eigenvalue weighted by Gasteiger charge is -2.28. The van der Waals surface area contributed by atoms with Gasteiger partial charge in [-0.25, -0.2) is 13.4 Å². The van der Waals surface area contributed by atoms with Crippen molar-refractivity contribution in [1.82, 2.24) is 4.72 Å². The lowest BCUT2D eigenvalue weighted by molar-refractivity contribution is -0.154. The van der Waals surface area contributed by atoms with E-state index in [-0.39, 0.29) is 30.7 Å². The van der Waals surface area contributed by atoms with Crippen molar-refractivity contribution in [3.05, 3.63) is 23.0 Å². The van der Waals surface area contributed by atoms with Crippen LogP contribution in [0.2, 0.25) is 0 Å². The van der Waals surface area contributed by atoms with Crippen molar-refractivity contribution in [2.24, 2.45) is 5.92 Å². The van der Waals surface area contributed by atoms with E-state index in [4.69, 9.17) is 0 Å². The van der Waals surface area contributed by atoms with Crippen LogP contribution in [-0.2, 0) is 27.8 Å². The Labute approximate surface area is 164 Å². The molecule has 2 atom stereocenters. The number of anilines is 1. The number of rotatable bonds is 5. The average Bonchev–Trinajstić information content (AvgIpc) is 2.84. The van der Waals surface area contributed by atoms with Crippen LogP contribution in [0.15, 0.2) is 6.07 Å². The Morgan fingerprint density at radius 1 is 1.34 bits per heavy atom. The zero-order valence-electron chi connectivity index (χ0n) is 15.2. The van der Waals surface area contributed by atoms with E-state index in [9.17, 15) is 36.6 Å². The number of aliphatic hydroxyl groups excluding tert-OH is 1. The number of aromatic hydroxyl groups is 1. The molecule has 0 spiro atoms. The fraction of sp³-hybridized carbons (Fsp3) is 0.588. The second-order valence-corrected chi connectivity index (χ2v) is 8.99. The van der Waals surface area contributed by atoms with Crippen molar-refractivity contribution in [2.75, 3.05) is 10.8 Å². The van der Waals surface area contributed by atoms with Gasteiger partial charge in [0.15, 0.2) is 5.82 Å². The van der Waals surface area contributed by atoms with Crippen LogP contribution in [-0.4, -0.2) is 43.4 Å². The predicted molar refractivity (Wildman–Crippen MR) is 93.9 cm³/mol. The van der Waals surface area contributed by atoms with E-state index in [1.807, 2.05) is 0 Å². The number of hydrogen-bond donors (Lipinski definition) is 3. The number of benzene rings is 1. The third-order valence-corrected chi connectivity index (χ3v) is 6.55. The third kappa shape index (κ3) is 4.74. The number of aliphatic hydroxyl groups is 1. The Bertz CT molecular complexity index is 919. The molecule has 0 aromatic heterocycles. The van der Waals surface area contributed by atoms with Gasteiger partial charge in [-0.15, -0.1) is 0 Å². The normalized spacial score (nSPS) is 22.3. The van der Waals surface area contributed by atoms with Gasteiger partial charge in [-0.3, -0.25) is 4.79 Å². The number of phenols is 1. The maximum Gasteiger partial charge on any atom is 0.391 e. The number of alkyl halides is 3. The summed E-state index contributed by atoms with van der Waals surface area (Å²) in [4.78, 5) is 11.4. The van der Waals surface area contributed by atoms with Crippen LogP contribution in [0.25, 0.3) is 0 Å². The largest absolute Gasteiger partial charge is 0.506 e. The summed E-state index contributed by atoms with van der Waals surface area (Å²) >= 11 is 0. The van der Waals surface area contributed by atoms with Crippen LogP contribution in [0, 0.1) is 11.7 Å². The molecule has 1 amide bonds. The first-order chi connectivity index (χ1) is 13.4. The summed E-state index contributed by atoms with van der Waals surface area (Å²) in [6, 6.07) is 1.25. The summed E-state index contributed by atoms with van der Waals surface area (Å²) in [5, 5.41) is 19.7. The minimum atomic E-state index is -4.47. The Morgan fingerprint density at radius 3 is 2.62 bits per heavy atom. The van der Waals surface area contributed by atoms with Crippen molar-refractivity contribution in [3.63, 3.8) is 0 Å². The first kappa shape index (κ1) is 21.6. The molecule has 7 nitrogen and oxygen atoms in total. The molecular weight excluding hydrogens is 420 g/mol. The molecule has 162 valence electrons. The summed E-state index contributed by atoms with van der Waals surface area (Å²) in [7, 11) is -4.32. The summed E-state index contributed by atoms with van der Waals surface area (Å²) in [6.45, 7) is -0.668. The van der Waals surface area contributed by atoms with Crippen molar-refractivity contribution in [3.8, 4) is 5.75 Å². The number of amides is 1. The predicted octanol–water partition coefficient (Wildman–Crippen LogP) is 1.91. The molecule has 1 aliphatic carbocycles. The van der Waals surface area contributed by atoms with Crippen molar-refractivity contribution in [1.29, 1.82) is 0 Å². The Balaban J connectivity index is 1.79. The van der Waals surface area contributed by atoms with Crippen molar-refractivity contribution >= 4 is 21.8 Å². The van der Waals surface area contributed by atoms with Crippen LogP contribution >= 0.6 is 0 Å². The second kappa shape index (κ2) is 7.63. The van der Waals surface area contributed by atoms with Crippen LogP contribution in [0.1, 0.15) is 36.8 Å². The second-order valence-electron chi connectivity index (χ2n) is 7.39. The highest BCUT2D eigenvalue weighted by Crippen LogP contribution is 2.41. The number of phenolic OH excluding ortho intramolecular Hbond substituents is 1. The third-order valence-electron chi connectivity index (χ3n) is 5.17. The van der Waals surface area contributed by atoms with Crippen LogP contribution in [0.3, 0.4) is 0 Å². The quantitative estimate of drug-likeness (QED) is 0.607. The van der Waals surface area contributed by atoms with E-state index < -0.39 is 58.6 Å². The van der Waals surface area contributed by atoms with Gasteiger partial charge < -0.3 is 10.2 Å². The number of nitrogens with zero attached hydrogens (tertiary/aromatic N) is 1. The molecule has 1 saturated heterocycles. The van der Waals surface area contributed by atoms with Gasteiger partial charge in [0, 0.05) is 0 Å². The smallest absolute Gasteiger partial charge is 0.391 e. The molecule has 1 aliphatic heterocycles. The maximum absolute atomic E-state index is 15.1. The standard InChI is InChI=1S/C17H20F4N2O5S/c18-15-12-5-9(2-4-11(24)7-17(19,20)21)1-3-10(12)6-13(25)16(15)23-8-14(26)22-29(23,27)28/h6,9,11,24-25H,1-5,7-8H2,(H,22,26). The monoisotopic (exact) mass is 440 g/mol. The maximum atomic E-state index is 15.1. The van der Waals surface area contributed by atoms with E-state index in [1.165, 1.54) is 6.07 Å². The molecule has 1 heterocycles. The van der Waals surface area contributed by atoms with Gasteiger partial charge in [-0.05, 0) is 55.2 Å². The van der Waals surface area contributed by atoms with Crippen LogP contribution < -0.4 is 9.03 Å².